The van der Waals surface area contributed by atoms with Gasteiger partial charge in [0.15, 0.2) is 0 Å². The van der Waals surface area contributed by atoms with Crippen molar-refractivity contribution in [2.45, 2.75) is 39.0 Å². The van der Waals surface area contributed by atoms with Crippen molar-refractivity contribution in [1.82, 2.24) is 0 Å². The standard InChI is InChI=1S/C15H19FO2/c1-9-3-5-12(15(17)18)13(7-9)11-4-6-14(16)10(2)8-11/h4,6,8-9,12-13H,3,5,7H2,1-2H3,(H,17,18). The number of rotatable bonds is 2. The van der Waals surface area contributed by atoms with Gasteiger partial charge in [-0.2, -0.15) is 0 Å². The summed E-state index contributed by atoms with van der Waals surface area (Å²) < 4.78 is 13.3. The van der Waals surface area contributed by atoms with E-state index in [1.54, 1.807) is 19.1 Å². The van der Waals surface area contributed by atoms with Crippen molar-refractivity contribution in [2.24, 2.45) is 11.8 Å². The van der Waals surface area contributed by atoms with E-state index in [0.717, 1.165) is 24.8 Å². The van der Waals surface area contributed by atoms with Crippen LogP contribution in [-0.4, -0.2) is 11.1 Å². The molecule has 0 aliphatic heterocycles. The lowest BCUT2D eigenvalue weighted by Crippen LogP contribution is -2.28. The highest BCUT2D eigenvalue weighted by molar-refractivity contribution is 5.71. The second-order valence-electron chi connectivity index (χ2n) is 5.48. The molecule has 0 spiro atoms. The van der Waals surface area contributed by atoms with Crippen molar-refractivity contribution in [3.63, 3.8) is 0 Å². The molecule has 0 radical (unpaired) electrons. The van der Waals surface area contributed by atoms with Gasteiger partial charge in [0.1, 0.15) is 5.82 Å². The first-order valence-electron chi connectivity index (χ1n) is 6.48. The number of benzene rings is 1. The van der Waals surface area contributed by atoms with Crippen LogP contribution in [0.2, 0.25) is 0 Å². The van der Waals surface area contributed by atoms with Crippen LogP contribution in [0.25, 0.3) is 0 Å². The average Bonchev–Trinajstić information content (AvgIpc) is 2.32. The summed E-state index contributed by atoms with van der Waals surface area (Å²) in [6, 6.07) is 4.98. The molecule has 1 fully saturated rings. The minimum Gasteiger partial charge on any atom is -0.481 e. The lowest BCUT2D eigenvalue weighted by molar-refractivity contribution is -0.143. The monoisotopic (exact) mass is 250 g/mol. The van der Waals surface area contributed by atoms with Crippen LogP contribution in [0.4, 0.5) is 4.39 Å². The fourth-order valence-electron chi connectivity index (χ4n) is 2.94. The minimum absolute atomic E-state index is 0.0190. The van der Waals surface area contributed by atoms with Gasteiger partial charge in [0.25, 0.3) is 0 Å². The van der Waals surface area contributed by atoms with Crippen molar-refractivity contribution in [2.75, 3.05) is 0 Å². The predicted molar refractivity (Wildman–Crippen MR) is 68.0 cm³/mol. The van der Waals surface area contributed by atoms with E-state index in [1.165, 1.54) is 6.07 Å². The van der Waals surface area contributed by atoms with Gasteiger partial charge in [-0.25, -0.2) is 4.39 Å². The van der Waals surface area contributed by atoms with Gasteiger partial charge in [-0.3, -0.25) is 4.79 Å². The molecule has 18 heavy (non-hydrogen) atoms. The van der Waals surface area contributed by atoms with E-state index in [-0.39, 0.29) is 17.7 Å². The number of hydrogen-bond donors (Lipinski definition) is 1. The highest BCUT2D eigenvalue weighted by Gasteiger charge is 2.34. The first-order chi connectivity index (χ1) is 8.49. The lowest BCUT2D eigenvalue weighted by atomic mass is 9.71. The van der Waals surface area contributed by atoms with E-state index >= 15 is 0 Å². The molecule has 3 heteroatoms. The number of aliphatic carboxylic acids is 1. The van der Waals surface area contributed by atoms with Crippen molar-refractivity contribution in [3.05, 3.63) is 35.1 Å². The molecule has 1 saturated carbocycles. The van der Waals surface area contributed by atoms with Gasteiger partial charge >= 0.3 is 5.97 Å². The van der Waals surface area contributed by atoms with Gasteiger partial charge in [-0.15, -0.1) is 0 Å². The summed E-state index contributed by atoms with van der Waals surface area (Å²) in [6.45, 7) is 3.88. The molecule has 98 valence electrons. The molecular formula is C15H19FO2. The Hall–Kier alpha value is -1.38. The Bertz CT molecular complexity index is 456. The second kappa shape index (κ2) is 5.09. The maximum atomic E-state index is 13.3. The molecule has 0 saturated heterocycles. The van der Waals surface area contributed by atoms with Crippen LogP contribution in [0.1, 0.15) is 43.2 Å². The molecule has 2 nitrogen and oxygen atoms in total. The van der Waals surface area contributed by atoms with E-state index < -0.39 is 5.97 Å². The Morgan fingerprint density at radius 1 is 1.39 bits per heavy atom. The molecule has 0 amide bonds. The summed E-state index contributed by atoms with van der Waals surface area (Å²) in [6.07, 6.45) is 2.56. The fraction of sp³-hybridized carbons (Fsp3) is 0.533. The molecule has 1 aromatic carbocycles. The van der Waals surface area contributed by atoms with Crippen LogP contribution >= 0.6 is 0 Å². The van der Waals surface area contributed by atoms with Crippen LogP contribution in [0, 0.1) is 24.6 Å². The van der Waals surface area contributed by atoms with Gasteiger partial charge in [-0.05, 0) is 55.2 Å². The van der Waals surface area contributed by atoms with Gasteiger partial charge in [-0.1, -0.05) is 19.1 Å². The highest BCUT2D eigenvalue weighted by Crippen LogP contribution is 2.40. The maximum Gasteiger partial charge on any atom is 0.307 e. The molecule has 1 N–H and O–H groups in total. The molecule has 0 heterocycles. The zero-order valence-electron chi connectivity index (χ0n) is 10.8. The molecule has 1 aromatic rings. The van der Waals surface area contributed by atoms with Crippen molar-refractivity contribution in [1.29, 1.82) is 0 Å². The zero-order chi connectivity index (χ0) is 13.3. The summed E-state index contributed by atoms with van der Waals surface area (Å²) in [5.41, 5.74) is 1.56. The van der Waals surface area contributed by atoms with E-state index in [2.05, 4.69) is 6.92 Å². The zero-order valence-corrected chi connectivity index (χ0v) is 10.8. The summed E-state index contributed by atoms with van der Waals surface area (Å²) in [4.78, 5) is 11.3. The summed E-state index contributed by atoms with van der Waals surface area (Å²) in [5, 5.41) is 9.31. The summed E-state index contributed by atoms with van der Waals surface area (Å²) in [7, 11) is 0. The Morgan fingerprint density at radius 2 is 2.11 bits per heavy atom. The Morgan fingerprint density at radius 3 is 2.72 bits per heavy atom. The topological polar surface area (TPSA) is 37.3 Å². The van der Waals surface area contributed by atoms with E-state index in [9.17, 15) is 14.3 Å². The molecule has 2 rings (SSSR count). The minimum atomic E-state index is -0.728. The third kappa shape index (κ3) is 2.55. The third-order valence-corrected chi connectivity index (χ3v) is 4.04. The molecule has 0 aromatic heterocycles. The smallest absolute Gasteiger partial charge is 0.307 e. The second-order valence-corrected chi connectivity index (χ2v) is 5.48. The predicted octanol–water partition coefficient (Wildman–Crippen LogP) is 3.74. The molecule has 3 unspecified atom stereocenters. The molecular weight excluding hydrogens is 231 g/mol. The van der Waals surface area contributed by atoms with Crippen LogP contribution in [0.3, 0.4) is 0 Å². The van der Waals surface area contributed by atoms with Crippen LogP contribution in [-0.2, 0) is 4.79 Å². The van der Waals surface area contributed by atoms with Crippen molar-refractivity contribution < 1.29 is 14.3 Å². The molecule has 3 atom stereocenters. The Labute approximate surface area is 107 Å². The first-order valence-corrected chi connectivity index (χ1v) is 6.48. The molecule has 1 aliphatic carbocycles. The fourth-order valence-corrected chi connectivity index (χ4v) is 2.94. The van der Waals surface area contributed by atoms with Gasteiger partial charge in [0.2, 0.25) is 0 Å². The summed E-state index contributed by atoms with van der Waals surface area (Å²) in [5.74, 6) is -0.726. The van der Waals surface area contributed by atoms with E-state index in [1.807, 2.05) is 0 Å². The number of halogens is 1. The average molecular weight is 250 g/mol. The van der Waals surface area contributed by atoms with Crippen LogP contribution < -0.4 is 0 Å². The van der Waals surface area contributed by atoms with Crippen LogP contribution in [0.5, 0.6) is 0 Å². The van der Waals surface area contributed by atoms with E-state index in [0.29, 0.717) is 11.5 Å². The number of carboxylic acids is 1. The third-order valence-electron chi connectivity index (χ3n) is 4.04. The number of aryl methyl sites for hydroxylation is 1. The van der Waals surface area contributed by atoms with E-state index in [4.69, 9.17) is 0 Å². The Kier molecular flexibility index (Phi) is 3.69. The number of hydrogen-bond acceptors (Lipinski definition) is 1. The number of carbonyl (C=O) groups is 1. The molecule has 1 aliphatic rings. The number of carboxylic acid groups (broad SMARTS) is 1. The van der Waals surface area contributed by atoms with Crippen LogP contribution in [0.15, 0.2) is 18.2 Å². The SMILES string of the molecule is Cc1cc(C2CC(C)CCC2C(=O)O)ccc1F. The molecule has 0 bridgehead atoms. The van der Waals surface area contributed by atoms with Crippen molar-refractivity contribution >= 4 is 5.97 Å². The largest absolute Gasteiger partial charge is 0.481 e. The highest BCUT2D eigenvalue weighted by atomic mass is 19.1. The van der Waals surface area contributed by atoms with Gasteiger partial charge in [0, 0.05) is 0 Å². The van der Waals surface area contributed by atoms with Crippen molar-refractivity contribution in [3.8, 4) is 0 Å². The quantitative estimate of drug-likeness (QED) is 0.868. The first kappa shape index (κ1) is 13.1. The Balaban J connectivity index is 2.31. The summed E-state index contributed by atoms with van der Waals surface area (Å²) >= 11 is 0. The maximum absolute atomic E-state index is 13.3. The van der Waals surface area contributed by atoms with Gasteiger partial charge in [0.05, 0.1) is 5.92 Å². The normalized spacial score (nSPS) is 28.1. The van der Waals surface area contributed by atoms with Gasteiger partial charge < -0.3 is 5.11 Å². The lowest BCUT2D eigenvalue weighted by Gasteiger charge is -2.32.